The van der Waals surface area contributed by atoms with Crippen molar-refractivity contribution in [2.45, 2.75) is 52.9 Å². The van der Waals surface area contributed by atoms with E-state index in [2.05, 4.69) is 31.4 Å². The molecule has 194 valence electrons. The molecule has 0 aliphatic carbocycles. The van der Waals surface area contributed by atoms with Crippen molar-refractivity contribution in [3.05, 3.63) is 83.4 Å². The summed E-state index contributed by atoms with van der Waals surface area (Å²) in [4.78, 5) is 36.2. The highest BCUT2D eigenvalue weighted by atomic mass is 16.5. The Labute approximate surface area is 218 Å². The van der Waals surface area contributed by atoms with Crippen molar-refractivity contribution in [3.63, 3.8) is 0 Å². The van der Waals surface area contributed by atoms with Gasteiger partial charge in [-0.1, -0.05) is 50.6 Å². The molecular formula is C30H34N2O5. The van der Waals surface area contributed by atoms with Crippen molar-refractivity contribution < 1.29 is 23.9 Å². The number of carbonyl (C=O) groups is 3. The highest BCUT2D eigenvalue weighted by molar-refractivity contribution is 5.94. The molecule has 0 fully saturated rings. The summed E-state index contributed by atoms with van der Waals surface area (Å²) in [6.45, 7) is 9.92. The van der Waals surface area contributed by atoms with Gasteiger partial charge in [0.2, 0.25) is 5.91 Å². The molecular weight excluding hydrogens is 468 g/mol. The molecule has 0 spiro atoms. The zero-order chi connectivity index (χ0) is 27.0. The summed E-state index contributed by atoms with van der Waals surface area (Å²) in [7, 11) is 0. The van der Waals surface area contributed by atoms with Crippen molar-refractivity contribution in [1.82, 2.24) is 0 Å². The van der Waals surface area contributed by atoms with E-state index in [1.807, 2.05) is 50.2 Å². The fourth-order valence-electron chi connectivity index (χ4n) is 3.56. The summed E-state index contributed by atoms with van der Waals surface area (Å²) in [6, 6.07) is 20.6. The maximum atomic E-state index is 12.2. The molecule has 3 aromatic rings. The van der Waals surface area contributed by atoms with Crippen LogP contribution in [0.5, 0.6) is 11.5 Å². The first-order chi connectivity index (χ1) is 17.5. The SMILES string of the molecule is Cc1ccc(NC(=O)COC(=O)CCC(=O)Nc2ccc(Oc3ccc(C(C)(C)C)cc3)cc2)c(C)c1. The molecule has 7 heteroatoms. The number of benzene rings is 3. The second kappa shape index (κ2) is 12.2. The summed E-state index contributed by atoms with van der Waals surface area (Å²) < 4.78 is 10.9. The van der Waals surface area contributed by atoms with Crippen LogP contribution >= 0.6 is 0 Å². The van der Waals surface area contributed by atoms with Crippen molar-refractivity contribution in [1.29, 1.82) is 0 Å². The van der Waals surface area contributed by atoms with E-state index < -0.39 is 18.5 Å². The van der Waals surface area contributed by atoms with Crippen LogP contribution in [0.3, 0.4) is 0 Å². The Morgan fingerprint density at radius 2 is 1.38 bits per heavy atom. The molecule has 2 amide bonds. The summed E-state index contributed by atoms with van der Waals surface area (Å²) in [5, 5.41) is 5.45. The third-order valence-electron chi connectivity index (χ3n) is 5.67. The molecule has 0 saturated heterocycles. The van der Waals surface area contributed by atoms with Gasteiger partial charge in [0.25, 0.3) is 5.91 Å². The number of rotatable bonds is 9. The lowest BCUT2D eigenvalue weighted by Crippen LogP contribution is -2.22. The first-order valence-electron chi connectivity index (χ1n) is 12.2. The average molecular weight is 503 g/mol. The Kier molecular flexibility index (Phi) is 9.06. The Morgan fingerprint density at radius 1 is 0.757 bits per heavy atom. The largest absolute Gasteiger partial charge is 0.457 e. The molecule has 0 aromatic heterocycles. The fourth-order valence-corrected chi connectivity index (χ4v) is 3.56. The third-order valence-corrected chi connectivity index (χ3v) is 5.67. The van der Waals surface area contributed by atoms with Gasteiger partial charge in [-0.05, 0) is 72.9 Å². The van der Waals surface area contributed by atoms with Gasteiger partial charge < -0.3 is 20.1 Å². The number of carbonyl (C=O) groups excluding carboxylic acids is 3. The Morgan fingerprint density at radius 3 is 1.97 bits per heavy atom. The van der Waals surface area contributed by atoms with Gasteiger partial charge in [-0.2, -0.15) is 0 Å². The minimum absolute atomic E-state index is 0.0596. The van der Waals surface area contributed by atoms with E-state index in [0.29, 0.717) is 17.1 Å². The van der Waals surface area contributed by atoms with Crippen LogP contribution in [0.4, 0.5) is 11.4 Å². The molecule has 3 aromatic carbocycles. The molecule has 0 bridgehead atoms. The predicted octanol–water partition coefficient (Wildman–Crippen LogP) is 6.29. The van der Waals surface area contributed by atoms with Crippen LogP contribution in [-0.2, 0) is 24.5 Å². The van der Waals surface area contributed by atoms with Crippen LogP contribution < -0.4 is 15.4 Å². The smallest absolute Gasteiger partial charge is 0.306 e. The highest BCUT2D eigenvalue weighted by Crippen LogP contribution is 2.27. The van der Waals surface area contributed by atoms with Crippen molar-refractivity contribution in [2.24, 2.45) is 0 Å². The third kappa shape index (κ3) is 8.79. The summed E-state index contributed by atoms with van der Waals surface area (Å²) in [5.74, 6) is -0.0114. The van der Waals surface area contributed by atoms with Crippen LogP contribution in [-0.4, -0.2) is 24.4 Å². The number of ether oxygens (including phenoxy) is 2. The monoisotopic (exact) mass is 502 g/mol. The molecule has 0 atom stereocenters. The molecule has 0 radical (unpaired) electrons. The summed E-state index contributed by atoms with van der Waals surface area (Å²) in [5.41, 5.74) is 4.56. The van der Waals surface area contributed by atoms with E-state index in [9.17, 15) is 14.4 Å². The highest BCUT2D eigenvalue weighted by Gasteiger charge is 2.14. The molecule has 0 aliphatic heterocycles. The minimum atomic E-state index is -0.618. The fraction of sp³-hybridized carbons (Fsp3) is 0.300. The standard InChI is InChI=1S/C30H34N2O5/c1-20-6-15-26(21(2)18-20)32-28(34)19-36-29(35)17-16-27(33)31-23-9-13-25(14-10-23)37-24-11-7-22(8-12-24)30(3,4)5/h6-15,18H,16-17,19H2,1-5H3,(H,31,33)(H,32,34). The van der Waals surface area contributed by atoms with Crippen LogP contribution in [0.15, 0.2) is 66.7 Å². The quantitative estimate of drug-likeness (QED) is 0.335. The van der Waals surface area contributed by atoms with Gasteiger partial charge in [0.15, 0.2) is 6.61 Å². The van der Waals surface area contributed by atoms with E-state index in [-0.39, 0.29) is 24.2 Å². The second-order valence-electron chi connectivity index (χ2n) is 9.98. The lowest BCUT2D eigenvalue weighted by Gasteiger charge is -2.19. The van der Waals surface area contributed by atoms with Gasteiger partial charge in [-0.15, -0.1) is 0 Å². The second-order valence-corrected chi connectivity index (χ2v) is 9.98. The normalized spacial score (nSPS) is 10.9. The lowest BCUT2D eigenvalue weighted by atomic mass is 9.87. The Bertz CT molecular complexity index is 1240. The maximum Gasteiger partial charge on any atom is 0.306 e. The van der Waals surface area contributed by atoms with Gasteiger partial charge >= 0.3 is 5.97 Å². The van der Waals surface area contributed by atoms with E-state index in [4.69, 9.17) is 9.47 Å². The van der Waals surface area contributed by atoms with Gasteiger partial charge in [-0.3, -0.25) is 14.4 Å². The van der Waals surface area contributed by atoms with E-state index >= 15 is 0 Å². The first kappa shape index (κ1) is 27.5. The molecule has 0 aliphatic rings. The zero-order valence-corrected chi connectivity index (χ0v) is 22.0. The number of amides is 2. The summed E-state index contributed by atoms with van der Waals surface area (Å²) in [6.07, 6.45) is -0.190. The van der Waals surface area contributed by atoms with Gasteiger partial charge in [0, 0.05) is 17.8 Å². The van der Waals surface area contributed by atoms with Gasteiger partial charge in [-0.25, -0.2) is 0 Å². The summed E-state index contributed by atoms with van der Waals surface area (Å²) >= 11 is 0. The molecule has 0 unspecified atom stereocenters. The van der Waals surface area contributed by atoms with Crippen molar-refractivity contribution >= 4 is 29.2 Å². The van der Waals surface area contributed by atoms with Crippen LogP contribution in [0.1, 0.15) is 50.3 Å². The zero-order valence-electron chi connectivity index (χ0n) is 22.0. The molecule has 0 saturated carbocycles. The van der Waals surface area contributed by atoms with E-state index in [1.165, 1.54) is 5.56 Å². The minimum Gasteiger partial charge on any atom is -0.457 e. The Hall–Kier alpha value is -4.13. The molecule has 2 N–H and O–H groups in total. The first-order valence-corrected chi connectivity index (χ1v) is 12.2. The Balaban J connectivity index is 1.38. The van der Waals surface area contributed by atoms with Gasteiger partial charge in [0.1, 0.15) is 11.5 Å². The number of hydrogen-bond donors (Lipinski definition) is 2. The molecule has 3 rings (SSSR count). The molecule has 0 heterocycles. The predicted molar refractivity (Wildman–Crippen MR) is 145 cm³/mol. The van der Waals surface area contributed by atoms with E-state index in [1.54, 1.807) is 30.3 Å². The number of anilines is 2. The lowest BCUT2D eigenvalue weighted by molar-refractivity contribution is -0.147. The number of hydrogen-bond acceptors (Lipinski definition) is 5. The van der Waals surface area contributed by atoms with Crippen LogP contribution in [0.25, 0.3) is 0 Å². The van der Waals surface area contributed by atoms with Crippen molar-refractivity contribution in [3.8, 4) is 11.5 Å². The number of aryl methyl sites for hydroxylation is 2. The van der Waals surface area contributed by atoms with Gasteiger partial charge in [0.05, 0.1) is 6.42 Å². The number of esters is 1. The van der Waals surface area contributed by atoms with Crippen LogP contribution in [0.2, 0.25) is 0 Å². The average Bonchev–Trinajstić information content (AvgIpc) is 2.84. The van der Waals surface area contributed by atoms with E-state index in [0.717, 1.165) is 16.9 Å². The van der Waals surface area contributed by atoms with Crippen molar-refractivity contribution in [2.75, 3.05) is 17.2 Å². The molecule has 37 heavy (non-hydrogen) atoms. The molecule has 7 nitrogen and oxygen atoms in total. The topological polar surface area (TPSA) is 93.7 Å². The number of nitrogens with one attached hydrogen (secondary N) is 2. The van der Waals surface area contributed by atoms with Crippen LogP contribution in [0, 0.1) is 13.8 Å². The maximum absolute atomic E-state index is 12.2.